The molecule has 0 aromatic carbocycles. The average Bonchev–Trinajstić information content (AvgIpc) is 2.57. The van der Waals surface area contributed by atoms with Crippen molar-refractivity contribution in [1.29, 1.82) is 0 Å². The van der Waals surface area contributed by atoms with Gasteiger partial charge in [-0.25, -0.2) is 0 Å². The first-order valence-corrected chi connectivity index (χ1v) is 5.11. The molecule has 4 atom stereocenters. The molecule has 0 saturated heterocycles. The summed E-state index contributed by atoms with van der Waals surface area (Å²) in [5.74, 6) is 3.80. The van der Waals surface area contributed by atoms with E-state index in [-0.39, 0.29) is 0 Å². The molecular weight excluding hydrogens is 144 g/mol. The van der Waals surface area contributed by atoms with Gasteiger partial charge < -0.3 is 0 Å². The minimum atomic E-state index is 0.928. The Morgan fingerprint density at radius 1 is 1.25 bits per heavy atom. The molecule has 1 saturated carbocycles. The molecular formula is C12H16. The van der Waals surface area contributed by atoms with Crippen LogP contribution in [0.15, 0.2) is 23.3 Å². The number of hydrogen-bond donors (Lipinski definition) is 0. The van der Waals surface area contributed by atoms with Crippen LogP contribution in [0.2, 0.25) is 0 Å². The zero-order valence-corrected chi connectivity index (χ0v) is 7.88. The van der Waals surface area contributed by atoms with Gasteiger partial charge in [-0.1, -0.05) is 23.3 Å². The predicted molar refractivity (Wildman–Crippen MR) is 50.7 cm³/mol. The molecule has 0 amide bonds. The van der Waals surface area contributed by atoms with Crippen molar-refractivity contribution in [2.75, 3.05) is 0 Å². The van der Waals surface area contributed by atoms with E-state index in [0.717, 1.165) is 23.7 Å². The lowest BCUT2D eigenvalue weighted by molar-refractivity contribution is 0.386. The summed E-state index contributed by atoms with van der Waals surface area (Å²) in [4.78, 5) is 0. The van der Waals surface area contributed by atoms with Gasteiger partial charge in [-0.3, -0.25) is 0 Å². The van der Waals surface area contributed by atoms with Crippen LogP contribution in [0.1, 0.15) is 26.7 Å². The van der Waals surface area contributed by atoms with E-state index < -0.39 is 0 Å². The zero-order chi connectivity index (χ0) is 8.29. The van der Waals surface area contributed by atoms with Crippen LogP contribution in [-0.4, -0.2) is 0 Å². The van der Waals surface area contributed by atoms with Crippen LogP contribution < -0.4 is 0 Å². The Bertz CT molecular complexity index is 282. The zero-order valence-electron chi connectivity index (χ0n) is 7.88. The Kier molecular flexibility index (Phi) is 1.18. The molecule has 0 spiro atoms. The molecule has 1 fully saturated rings. The highest BCUT2D eigenvalue weighted by Crippen LogP contribution is 2.56. The lowest BCUT2D eigenvalue weighted by Crippen LogP contribution is -2.15. The Morgan fingerprint density at radius 2 is 2.08 bits per heavy atom. The Balaban J connectivity index is 2.00. The Hall–Kier alpha value is -0.520. The predicted octanol–water partition coefficient (Wildman–Crippen LogP) is 3.16. The largest absolute Gasteiger partial charge is 0.0819 e. The van der Waals surface area contributed by atoms with Crippen molar-refractivity contribution in [3.8, 4) is 0 Å². The van der Waals surface area contributed by atoms with Crippen molar-refractivity contribution in [2.45, 2.75) is 26.7 Å². The molecule has 3 rings (SSSR count). The number of allylic oxidation sites excluding steroid dienone is 4. The highest BCUT2D eigenvalue weighted by Gasteiger charge is 2.47. The van der Waals surface area contributed by atoms with Crippen molar-refractivity contribution < 1.29 is 0 Å². The summed E-state index contributed by atoms with van der Waals surface area (Å²) in [5.41, 5.74) is 3.31. The minimum Gasteiger partial charge on any atom is -0.0819 e. The van der Waals surface area contributed by atoms with Gasteiger partial charge >= 0.3 is 0 Å². The molecule has 0 aliphatic heterocycles. The summed E-state index contributed by atoms with van der Waals surface area (Å²) in [6, 6.07) is 0. The Morgan fingerprint density at radius 3 is 2.92 bits per heavy atom. The SMILES string of the molecule is CC1=CC2C(C1)[C@@H]1C=C(C)[C@@H]2C1. The van der Waals surface area contributed by atoms with E-state index in [1.807, 2.05) is 0 Å². The second-order valence-corrected chi connectivity index (χ2v) is 4.88. The van der Waals surface area contributed by atoms with Gasteiger partial charge in [0, 0.05) is 0 Å². The third-order valence-corrected chi connectivity index (χ3v) is 4.13. The van der Waals surface area contributed by atoms with Crippen LogP contribution in [0.25, 0.3) is 0 Å². The van der Waals surface area contributed by atoms with Gasteiger partial charge in [0.15, 0.2) is 0 Å². The molecule has 0 aromatic rings. The first-order chi connectivity index (χ1) is 5.75. The normalized spacial score (nSPS) is 49.2. The molecule has 0 nitrogen and oxygen atoms in total. The molecule has 2 unspecified atom stereocenters. The van der Waals surface area contributed by atoms with E-state index in [9.17, 15) is 0 Å². The summed E-state index contributed by atoms with van der Waals surface area (Å²) in [6.45, 7) is 4.62. The summed E-state index contributed by atoms with van der Waals surface area (Å²) >= 11 is 0. The van der Waals surface area contributed by atoms with E-state index >= 15 is 0 Å². The van der Waals surface area contributed by atoms with Crippen LogP contribution in [-0.2, 0) is 0 Å². The van der Waals surface area contributed by atoms with Crippen LogP contribution >= 0.6 is 0 Å². The monoisotopic (exact) mass is 160 g/mol. The highest BCUT2D eigenvalue weighted by atomic mass is 14.5. The fourth-order valence-electron chi connectivity index (χ4n) is 3.65. The van der Waals surface area contributed by atoms with Crippen molar-refractivity contribution >= 4 is 0 Å². The Labute approximate surface area is 74.4 Å². The first kappa shape index (κ1) is 6.94. The maximum Gasteiger partial charge on any atom is -0.0128 e. The van der Waals surface area contributed by atoms with E-state index in [2.05, 4.69) is 26.0 Å². The third-order valence-electron chi connectivity index (χ3n) is 4.13. The van der Waals surface area contributed by atoms with Gasteiger partial charge in [-0.05, 0) is 50.4 Å². The maximum atomic E-state index is 2.55. The number of hydrogen-bond acceptors (Lipinski definition) is 0. The van der Waals surface area contributed by atoms with Gasteiger partial charge in [0.1, 0.15) is 0 Å². The second-order valence-electron chi connectivity index (χ2n) is 4.88. The van der Waals surface area contributed by atoms with Gasteiger partial charge in [-0.2, -0.15) is 0 Å². The number of rotatable bonds is 0. The van der Waals surface area contributed by atoms with Crippen molar-refractivity contribution in [2.24, 2.45) is 23.7 Å². The smallest absolute Gasteiger partial charge is 0.0128 e. The van der Waals surface area contributed by atoms with E-state index in [1.54, 1.807) is 11.1 Å². The maximum absolute atomic E-state index is 2.55. The van der Waals surface area contributed by atoms with Gasteiger partial charge in [-0.15, -0.1) is 0 Å². The molecule has 3 aliphatic carbocycles. The molecule has 0 heteroatoms. The number of fused-ring (bicyclic) bond motifs is 5. The molecule has 64 valence electrons. The molecule has 0 heterocycles. The van der Waals surface area contributed by atoms with Gasteiger partial charge in [0.05, 0.1) is 0 Å². The van der Waals surface area contributed by atoms with Crippen molar-refractivity contribution in [1.82, 2.24) is 0 Å². The first-order valence-electron chi connectivity index (χ1n) is 5.11. The van der Waals surface area contributed by atoms with Gasteiger partial charge in [0.25, 0.3) is 0 Å². The molecule has 0 N–H and O–H groups in total. The standard InChI is InChI=1S/C12H16/c1-7-3-11-9-5-8(2)10(6-9)12(11)4-7/h4-5,9-12H,3,6H2,1-2H3/t9-,10+,11?,12?/m1/s1. The molecule has 12 heavy (non-hydrogen) atoms. The summed E-state index contributed by atoms with van der Waals surface area (Å²) in [5, 5.41) is 0. The molecule has 0 aromatic heterocycles. The van der Waals surface area contributed by atoms with Gasteiger partial charge in [0.2, 0.25) is 0 Å². The fraction of sp³-hybridized carbons (Fsp3) is 0.667. The second kappa shape index (κ2) is 2.04. The molecule has 0 radical (unpaired) electrons. The fourth-order valence-corrected chi connectivity index (χ4v) is 3.65. The van der Waals surface area contributed by atoms with Crippen LogP contribution in [0.3, 0.4) is 0 Å². The van der Waals surface area contributed by atoms with E-state index in [1.165, 1.54) is 12.8 Å². The summed E-state index contributed by atoms with van der Waals surface area (Å²) in [7, 11) is 0. The van der Waals surface area contributed by atoms with Crippen molar-refractivity contribution in [3.05, 3.63) is 23.3 Å². The quantitative estimate of drug-likeness (QED) is 0.477. The van der Waals surface area contributed by atoms with Crippen molar-refractivity contribution in [3.63, 3.8) is 0 Å². The average molecular weight is 160 g/mol. The van der Waals surface area contributed by atoms with Crippen LogP contribution in [0, 0.1) is 23.7 Å². The minimum absolute atomic E-state index is 0.928. The highest BCUT2D eigenvalue weighted by molar-refractivity contribution is 5.29. The van der Waals surface area contributed by atoms with Crippen LogP contribution in [0.5, 0.6) is 0 Å². The lowest BCUT2D eigenvalue weighted by Gasteiger charge is -2.22. The summed E-state index contributed by atoms with van der Waals surface area (Å²) < 4.78 is 0. The molecule has 2 bridgehead atoms. The van der Waals surface area contributed by atoms with Crippen LogP contribution in [0.4, 0.5) is 0 Å². The topological polar surface area (TPSA) is 0 Å². The lowest BCUT2D eigenvalue weighted by atomic mass is 9.82. The third kappa shape index (κ3) is 0.688. The molecule has 3 aliphatic rings. The van der Waals surface area contributed by atoms with E-state index in [4.69, 9.17) is 0 Å². The summed E-state index contributed by atoms with van der Waals surface area (Å²) in [6.07, 6.45) is 7.94. The van der Waals surface area contributed by atoms with E-state index in [0.29, 0.717) is 0 Å².